The number of nitrogens with zero attached hydrogens (tertiary/aromatic N) is 2. The Morgan fingerprint density at radius 2 is 2.12 bits per heavy atom. The molecule has 2 aromatic rings. The van der Waals surface area contributed by atoms with Gasteiger partial charge in [0, 0.05) is 25.0 Å². The highest BCUT2D eigenvalue weighted by Gasteiger charge is 2.17. The molecule has 0 saturated heterocycles. The van der Waals surface area contributed by atoms with Crippen molar-refractivity contribution in [1.82, 2.24) is 15.3 Å². The summed E-state index contributed by atoms with van der Waals surface area (Å²) < 4.78 is 0. The molecule has 0 saturated carbocycles. The molecule has 0 aromatic carbocycles. The Bertz CT molecular complexity index is 510. The molecule has 82 valence electrons. The second-order valence-corrected chi connectivity index (χ2v) is 3.99. The van der Waals surface area contributed by atoms with Crippen molar-refractivity contribution in [1.29, 1.82) is 0 Å². The van der Waals surface area contributed by atoms with Crippen molar-refractivity contribution in [2.24, 2.45) is 0 Å². The van der Waals surface area contributed by atoms with Crippen LogP contribution in [0, 0.1) is 0 Å². The van der Waals surface area contributed by atoms with E-state index in [9.17, 15) is 9.90 Å². The standard InChI is InChI=1S/C10H9N3O2S/c1-11-8(14)7-9(15)13-10(16-7)6-2-4-12-5-3-6/h2-5,15H,1H3,(H,11,14). The molecule has 2 aromatic heterocycles. The molecule has 0 fully saturated rings. The van der Waals surface area contributed by atoms with Crippen molar-refractivity contribution in [2.45, 2.75) is 0 Å². The number of amides is 1. The summed E-state index contributed by atoms with van der Waals surface area (Å²) in [5.41, 5.74) is 0.824. The number of thiazole rings is 1. The Labute approximate surface area is 95.8 Å². The van der Waals surface area contributed by atoms with E-state index in [4.69, 9.17) is 0 Å². The monoisotopic (exact) mass is 235 g/mol. The first kappa shape index (κ1) is 10.6. The van der Waals surface area contributed by atoms with Crippen molar-refractivity contribution in [3.8, 4) is 16.5 Å². The minimum Gasteiger partial charge on any atom is -0.492 e. The van der Waals surface area contributed by atoms with Crippen LogP contribution in [0.15, 0.2) is 24.5 Å². The van der Waals surface area contributed by atoms with E-state index >= 15 is 0 Å². The lowest BCUT2D eigenvalue weighted by Crippen LogP contribution is -2.16. The summed E-state index contributed by atoms with van der Waals surface area (Å²) in [6, 6.07) is 3.54. The van der Waals surface area contributed by atoms with Crippen LogP contribution in [0.2, 0.25) is 0 Å². The molecular formula is C10H9N3O2S. The van der Waals surface area contributed by atoms with E-state index < -0.39 is 0 Å². The van der Waals surface area contributed by atoms with Crippen molar-refractivity contribution in [2.75, 3.05) is 7.05 Å². The zero-order chi connectivity index (χ0) is 11.5. The summed E-state index contributed by atoms with van der Waals surface area (Å²) in [5, 5.41) is 12.6. The lowest BCUT2D eigenvalue weighted by molar-refractivity contribution is 0.0964. The van der Waals surface area contributed by atoms with Gasteiger partial charge in [0.25, 0.3) is 5.91 Å². The topological polar surface area (TPSA) is 75.1 Å². The second-order valence-electron chi connectivity index (χ2n) is 2.99. The van der Waals surface area contributed by atoms with Crippen LogP contribution in [0.5, 0.6) is 5.88 Å². The number of nitrogens with one attached hydrogen (secondary N) is 1. The first-order valence-electron chi connectivity index (χ1n) is 4.54. The zero-order valence-electron chi connectivity index (χ0n) is 8.47. The van der Waals surface area contributed by atoms with Gasteiger partial charge in [0.15, 0.2) is 4.88 Å². The molecule has 2 N–H and O–H groups in total. The molecule has 0 spiro atoms. The van der Waals surface area contributed by atoms with Gasteiger partial charge in [0.05, 0.1) is 0 Å². The third-order valence-electron chi connectivity index (χ3n) is 1.97. The summed E-state index contributed by atoms with van der Waals surface area (Å²) in [4.78, 5) is 19.4. The summed E-state index contributed by atoms with van der Waals surface area (Å²) in [5.74, 6) is -0.577. The van der Waals surface area contributed by atoms with Crippen LogP contribution in [0.25, 0.3) is 10.6 Å². The van der Waals surface area contributed by atoms with Gasteiger partial charge in [-0.25, -0.2) is 4.98 Å². The lowest BCUT2D eigenvalue weighted by Gasteiger charge is -1.93. The molecule has 0 radical (unpaired) electrons. The molecule has 0 aliphatic rings. The predicted octanol–water partition coefficient (Wildman–Crippen LogP) is 1.27. The van der Waals surface area contributed by atoms with E-state index in [1.807, 2.05) is 0 Å². The number of hydrogen-bond donors (Lipinski definition) is 2. The molecule has 5 nitrogen and oxygen atoms in total. The Balaban J connectivity index is 2.42. The average Bonchev–Trinajstić information content (AvgIpc) is 2.71. The van der Waals surface area contributed by atoms with Crippen molar-refractivity contribution < 1.29 is 9.90 Å². The van der Waals surface area contributed by atoms with Gasteiger partial charge in [-0.15, -0.1) is 11.3 Å². The third kappa shape index (κ3) is 1.87. The molecule has 0 unspecified atom stereocenters. The van der Waals surface area contributed by atoms with Crippen LogP contribution in [0.4, 0.5) is 0 Å². The largest absolute Gasteiger partial charge is 0.492 e. The van der Waals surface area contributed by atoms with Gasteiger partial charge in [-0.1, -0.05) is 0 Å². The Hall–Kier alpha value is -1.95. The maximum Gasteiger partial charge on any atom is 0.266 e. The molecule has 0 aliphatic heterocycles. The van der Waals surface area contributed by atoms with Crippen LogP contribution < -0.4 is 5.32 Å². The molecule has 0 bridgehead atoms. The molecule has 1 amide bonds. The van der Waals surface area contributed by atoms with Gasteiger partial charge in [0.2, 0.25) is 5.88 Å². The number of carbonyl (C=O) groups is 1. The SMILES string of the molecule is CNC(=O)c1sc(-c2ccncc2)nc1O. The Morgan fingerprint density at radius 3 is 2.75 bits per heavy atom. The predicted molar refractivity (Wildman–Crippen MR) is 60.4 cm³/mol. The summed E-state index contributed by atoms with van der Waals surface area (Å²) in [6.45, 7) is 0. The minimum atomic E-state index is -0.338. The number of aromatic nitrogens is 2. The minimum absolute atomic E-state index is 0.217. The third-order valence-corrected chi connectivity index (χ3v) is 3.06. The Morgan fingerprint density at radius 1 is 1.44 bits per heavy atom. The van der Waals surface area contributed by atoms with E-state index in [2.05, 4.69) is 15.3 Å². The lowest BCUT2D eigenvalue weighted by atomic mass is 10.3. The van der Waals surface area contributed by atoms with E-state index in [0.717, 1.165) is 16.9 Å². The van der Waals surface area contributed by atoms with Crippen LogP contribution in [0.1, 0.15) is 9.67 Å². The van der Waals surface area contributed by atoms with E-state index in [0.29, 0.717) is 5.01 Å². The van der Waals surface area contributed by atoms with Gasteiger partial charge in [0.1, 0.15) is 5.01 Å². The van der Waals surface area contributed by atoms with Crippen molar-refractivity contribution >= 4 is 17.2 Å². The normalized spacial score (nSPS) is 10.1. The fourth-order valence-corrected chi connectivity index (χ4v) is 2.10. The highest BCUT2D eigenvalue weighted by molar-refractivity contribution is 7.17. The number of pyridine rings is 1. The van der Waals surface area contributed by atoms with Gasteiger partial charge < -0.3 is 10.4 Å². The molecular weight excluding hydrogens is 226 g/mol. The summed E-state index contributed by atoms with van der Waals surface area (Å²) >= 11 is 1.14. The molecule has 2 rings (SSSR count). The smallest absolute Gasteiger partial charge is 0.266 e. The van der Waals surface area contributed by atoms with Crippen molar-refractivity contribution in [3.63, 3.8) is 0 Å². The van der Waals surface area contributed by atoms with Gasteiger partial charge >= 0.3 is 0 Å². The molecule has 6 heteroatoms. The second kappa shape index (κ2) is 4.28. The first-order chi connectivity index (χ1) is 7.72. The highest BCUT2D eigenvalue weighted by Crippen LogP contribution is 2.31. The maximum atomic E-state index is 11.4. The Kier molecular flexibility index (Phi) is 2.82. The zero-order valence-corrected chi connectivity index (χ0v) is 9.28. The van der Waals surface area contributed by atoms with Crippen LogP contribution in [0.3, 0.4) is 0 Å². The molecule has 16 heavy (non-hydrogen) atoms. The van der Waals surface area contributed by atoms with Crippen LogP contribution in [-0.2, 0) is 0 Å². The number of hydrogen-bond acceptors (Lipinski definition) is 5. The fourth-order valence-electron chi connectivity index (χ4n) is 1.19. The quantitative estimate of drug-likeness (QED) is 0.822. The number of carbonyl (C=O) groups excluding carboxylic acids is 1. The highest BCUT2D eigenvalue weighted by atomic mass is 32.1. The summed E-state index contributed by atoms with van der Waals surface area (Å²) in [6.07, 6.45) is 3.26. The summed E-state index contributed by atoms with van der Waals surface area (Å²) in [7, 11) is 1.51. The first-order valence-corrected chi connectivity index (χ1v) is 5.36. The number of rotatable bonds is 2. The van der Waals surface area contributed by atoms with Crippen molar-refractivity contribution in [3.05, 3.63) is 29.4 Å². The fraction of sp³-hybridized carbons (Fsp3) is 0.100. The van der Waals surface area contributed by atoms with E-state index in [-0.39, 0.29) is 16.7 Å². The van der Waals surface area contributed by atoms with Crippen LogP contribution in [-0.4, -0.2) is 28.0 Å². The maximum absolute atomic E-state index is 11.4. The van der Waals surface area contributed by atoms with Gasteiger partial charge in [-0.2, -0.15) is 0 Å². The molecule has 0 atom stereocenters. The van der Waals surface area contributed by atoms with E-state index in [1.54, 1.807) is 24.5 Å². The number of aromatic hydroxyl groups is 1. The molecule has 2 heterocycles. The van der Waals surface area contributed by atoms with Gasteiger partial charge in [-0.3, -0.25) is 9.78 Å². The molecule has 0 aliphatic carbocycles. The average molecular weight is 235 g/mol. The van der Waals surface area contributed by atoms with Gasteiger partial charge in [-0.05, 0) is 12.1 Å². The van der Waals surface area contributed by atoms with Crippen LogP contribution >= 0.6 is 11.3 Å². The van der Waals surface area contributed by atoms with E-state index in [1.165, 1.54) is 7.05 Å².